The van der Waals surface area contributed by atoms with Gasteiger partial charge in [0, 0.05) is 50.1 Å². The van der Waals surface area contributed by atoms with Crippen LogP contribution in [-0.4, -0.2) is 86.0 Å². The van der Waals surface area contributed by atoms with Crippen molar-refractivity contribution >= 4 is 23.2 Å². The second kappa shape index (κ2) is 7.66. The zero-order chi connectivity index (χ0) is 18.1. The molecule has 142 valence electrons. The Kier molecular flexibility index (Phi) is 5.29. The van der Waals surface area contributed by atoms with Gasteiger partial charge in [0.15, 0.2) is 0 Å². The largest absolute Gasteiger partial charge is 0.378 e. The molecule has 2 amide bonds. The van der Waals surface area contributed by atoms with Crippen LogP contribution in [0.5, 0.6) is 0 Å². The molecule has 2 saturated heterocycles. The van der Waals surface area contributed by atoms with Crippen LogP contribution >= 0.6 is 11.3 Å². The van der Waals surface area contributed by atoms with Gasteiger partial charge in [0.1, 0.15) is 0 Å². The number of morpholine rings is 1. The van der Waals surface area contributed by atoms with Gasteiger partial charge in [-0.1, -0.05) is 0 Å². The molecule has 1 aliphatic carbocycles. The molecule has 0 N–H and O–H groups in total. The van der Waals surface area contributed by atoms with Crippen molar-refractivity contribution in [1.29, 1.82) is 0 Å². The van der Waals surface area contributed by atoms with Crippen LogP contribution in [0.2, 0.25) is 0 Å². The minimum absolute atomic E-state index is 0.0758. The van der Waals surface area contributed by atoms with Crippen molar-refractivity contribution < 1.29 is 14.3 Å². The average Bonchev–Trinajstić information content (AvgIpc) is 3.11. The Morgan fingerprint density at radius 3 is 2.54 bits per heavy atom. The van der Waals surface area contributed by atoms with Crippen LogP contribution in [0.3, 0.4) is 0 Å². The smallest absolute Gasteiger partial charge is 0.264 e. The van der Waals surface area contributed by atoms with Crippen LogP contribution < -0.4 is 0 Å². The highest BCUT2D eigenvalue weighted by atomic mass is 32.1. The number of aryl methyl sites for hydroxylation is 1. The lowest BCUT2D eigenvalue weighted by molar-refractivity contribution is -0.137. The summed E-state index contributed by atoms with van der Waals surface area (Å²) in [5.74, 6) is 0.498. The lowest BCUT2D eigenvalue weighted by atomic mass is 9.87. The van der Waals surface area contributed by atoms with Gasteiger partial charge in [-0.05, 0) is 37.9 Å². The fourth-order valence-corrected chi connectivity index (χ4v) is 5.22. The summed E-state index contributed by atoms with van der Waals surface area (Å²) in [5.41, 5.74) is 1.21. The van der Waals surface area contributed by atoms with Gasteiger partial charge in [-0.25, -0.2) is 0 Å². The SMILES string of the molecule is CN1CCN(C(=O)[C@@H]2CCc3sc(C(=O)N4CCOCC4)cc3C2)CC1. The Labute approximate surface area is 158 Å². The van der Waals surface area contributed by atoms with Gasteiger partial charge >= 0.3 is 0 Å². The standard InChI is InChI=1S/C19H27N3O3S/c1-20-4-6-21(7-5-20)18(23)14-2-3-16-15(12-14)13-17(26-16)19(24)22-8-10-25-11-9-22/h13-14H,2-12H2,1H3/t14-/m1/s1. The average molecular weight is 378 g/mol. The first-order valence-electron chi connectivity index (χ1n) is 9.58. The summed E-state index contributed by atoms with van der Waals surface area (Å²) >= 11 is 1.62. The minimum Gasteiger partial charge on any atom is -0.378 e. The Morgan fingerprint density at radius 2 is 1.81 bits per heavy atom. The van der Waals surface area contributed by atoms with Gasteiger partial charge in [-0.3, -0.25) is 9.59 Å². The topological polar surface area (TPSA) is 53.1 Å². The molecule has 7 heteroatoms. The molecular formula is C19H27N3O3S. The van der Waals surface area contributed by atoms with E-state index in [0.29, 0.717) is 32.2 Å². The monoisotopic (exact) mass is 377 g/mol. The first-order valence-corrected chi connectivity index (χ1v) is 10.4. The van der Waals surface area contributed by atoms with Crippen molar-refractivity contribution in [1.82, 2.24) is 14.7 Å². The number of piperazine rings is 1. The molecule has 6 nitrogen and oxygen atoms in total. The molecule has 26 heavy (non-hydrogen) atoms. The maximum Gasteiger partial charge on any atom is 0.264 e. The van der Waals surface area contributed by atoms with Crippen molar-refractivity contribution in [3.05, 3.63) is 21.4 Å². The van der Waals surface area contributed by atoms with Crippen LogP contribution in [0.15, 0.2) is 6.07 Å². The van der Waals surface area contributed by atoms with Crippen LogP contribution in [0.25, 0.3) is 0 Å². The highest BCUT2D eigenvalue weighted by Crippen LogP contribution is 2.34. The van der Waals surface area contributed by atoms with Crippen molar-refractivity contribution in [3.63, 3.8) is 0 Å². The first-order chi connectivity index (χ1) is 12.6. The molecule has 0 spiro atoms. The van der Waals surface area contributed by atoms with E-state index in [0.717, 1.165) is 50.3 Å². The second-order valence-corrected chi connectivity index (χ2v) is 8.67. The van der Waals surface area contributed by atoms with Gasteiger partial charge in [-0.15, -0.1) is 11.3 Å². The zero-order valence-electron chi connectivity index (χ0n) is 15.4. The van der Waals surface area contributed by atoms with Crippen molar-refractivity contribution in [2.24, 2.45) is 5.92 Å². The number of thiophene rings is 1. The third kappa shape index (κ3) is 3.66. The summed E-state index contributed by atoms with van der Waals surface area (Å²) in [6.45, 7) is 6.18. The minimum atomic E-state index is 0.0758. The molecule has 1 aromatic heterocycles. The number of fused-ring (bicyclic) bond motifs is 1. The number of hydrogen-bond acceptors (Lipinski definition) is 5. The number of carbonyl (C=O) groups excluding carboxylic acids is 2. The maximum atomic E-state index is 12.9. The predicted octanol–water partition coefficient (Wildman–Crippen LogP) is 1.10. The number of nitrogens with zero attached hydrogens (tertiary/aromatic N) is 3. The second-order valence-electron chi connectivity index (χ2n) is 7.53. The first kappa shape index (κ1) is 17.9. The Hall–Kier alpha value is -1.44. The zero-order valence-corrected chi connectivity index (χ0v) is 16.2. The summed E-state index contributed by atoms with van der Waals surface area (Å²) < 4.78 is 5.34. The summed E-state index contributed by atoms with van der Waals surface area (Å²) in [6.07, 6.45) is 2.61. The summed E-state index contributed by atoms with van der Waals surface area (Å²) in [7, 11) is 2.10. The molecule has 1 aromatic rings. The highest BCUT2D eigenvalue weighted by Gasteiger charge is 2.32. The molecule has 4 rings (SSSR count). The number of hydrogen-bond donors (Lipinski definition) is 0. The normalized spacial score (nSPS) is 24.4. The molecule has 0 radical (unpaired) electrons. The maximum absolute atomic E-state index is 12.9. The van der Waals surface area contributed by atoms with E-state index in [1.165, 1.54) is 10.4 Å². The van der Waals surface area contributed by atoms with E-state index < -0.39 is 0 Å². The number of ether oxygens (including phenoxy) is 1. The van der Waals surface area contributed by atoms with E-state index in [9.17, 15) is 9.59 Å². The van der Waals surface area contributed by atoms with Crippen LogP contribution in [-0.2, 0) is 22.4 Å². The Balaban J connectivity index is 1.41. The van der Waals surface area contributed by atoms with Crippen molar-refractivity contribution in [2.75, 3.05) is 59.5 Å². The number of amides is 2. The van der Waals surface area contributed by atoms with E-state index in [1.54, 1.807) is 11.3 Å². The fourth-order valence-electron chi connectivity index (χ4n) is 4.05. The molecule has 2 aliphatic heterocycles. The van der Waals surface area contributed by atoms with Gasteiger partial charge in [0.05, 0.1) is 18.1 Å². The molecule has 1 atom stereocenters. The van der Waals surface area contributed by atoms with Crippen LogP contribution in [0.1, 0.15) is 26.5 Å². The van der Waals surface area contributed by atoms with Crippen LogP contribution in [0, 0.1) is 5.92 Å². The van der Waals surface area contributed by atoms with Gasteiger partial charge in [0.25, 0.3) is 5.91 Å². The molecule has 0 unspecified atom stereocenters. The molecule has 0 saturated carbocycles. The summed E-state index contributed by atoms with van der Waals surface area (Å²) in [6, 6.07) is 2.04. The predicted molar refractivity (Wildman–Crippen MR) is 101 cm³/mol. The van der Waals surface area contributed by atoms with Crippen molar-refractivity contribution in [3.8, 4) is 0 Å². The van der Waals surface area contributed by atoms with Gasteiger partial charge < -0.3 is 19.4 Å². The molecule has 3 heterocycles. The molecule has 2 fully saturated rings. The lowest BCUT2D eigenvalue weighted by Gasteiger charge is -2.35. The van der Waals surface area contributed by atoms with Gasteiger partial charge in [-0.2, -0.15) is 0 Å². The molecular weight excluding hydrogens is 350 g/mol. The highest BCUT2D eigenvalue weighted by molar-refractivity contribution is 7.14. The van der Waals surface area contributed by atoms with E-state index in [2.05, 4.69) is 11.9 Å². The van der Waals surface area contributed by atoms with Gasteiger partial charge in [0.2, 0.25) is 5.91 Å². The Bertz CT molecular complexity index is 676. The van der Waals surface area contributed by atoms with E-state index in [1.807, 2.05) is 15.9 Å². The third-order valence-electron chi connectivity index (χ3n) is 5.76. The molecule has 3 aliphatic rings. The third-order valence-corrected chi connectivity index (χ3v) is 6.98. The number of carbonyl (C=O) groups is 2. The lowest BCUT2D eigenvalue weighted by Crippen LogP contribution is -2.49. The van der Waals surface area contributed by atoms with E-state index >= 15 is 0 Å². The number of likely N-dealkylation sites (N-methyl/N-ethyl adjacent to an activating group) is 1. The van der Waals surface area contributed by atoms with E-state index in [-0.39, 0.29) is 11.8 Å². The van der Waals surface area contributed by atoms with Crippen molar-refractivity contribution in [2.45, 2.75) is 19.3 Å². The summed E-state index contributed by atoms with van der Waals surface area (Å²) in [4.78, 5) is 33.9. The quantitative estimate of drug-likeness (QED) is 0.775. The summed E-state index contributed by atoms with van der Waals surface area (Å²) in [5, 5.41) is 0. The molecule has 0 aromatic carbocycles. The molecule has 0 bridgehead atoms. The van der Waals surface area contributed by atoms with Crippen LogP contribution in [0.4, 0.5) is 0 Å². The fraction of sp³-hybridized carbons (Fsp3) is 0.684. The number of rotatable bonds is 2. The van der Waals surface area contributed by atoms with E-state index in [4.69, 9.17) is 4.74 Å². The Morgan fingerprint density at radius 1 is 1.08 bits per heavy atom.